The Morgan fingerprint density at radius 1 is 1.06 bits per heavy atom. The Morgan fingerprint density at radius 2 is 1.84 bits per heavy atom. The molecule has 1 aromatic carbocycles. The molecule has 0 saturated heterocycles. The Bertz CT molecular complexity index is 909. The molecule has 0 aromatic heterocycles. The van der Waals surface area contributed by atoms with Crippen LogP contribution in [0.4, 0.5) is 5.69 Å². The molecule has 0 bridgehead atoms. The Hall–Kier alpha value is -2.10. The van der Waals surface area contributed by atoms with Crippen molar-refractivity contribution in [3.63, 3.8) is 0 Å². The number of anilines is 1. The van der Waals surface area contributed by atoms with Gasteiger partial charge in [0.2, 0.25) is 0 Å². The lowest BCUT2D eigenvalue weighted by Gasteiger charge is -2.60. The molecule has 1 heterocycles. The van der Waals surface area contributed by atoms with Gasteiger partial charge in [-0.1, -0.05) is 44.5 Å². The maximum Gasteiger partial charge on any atom is 0.260 e. The summed E-state index contributed by atoms with van der Waals surface area (Å²) in [5.41, 5.74) is 1.46. The third-order valence-electron chi connectivity index (χ3n) is 9.45. The predicted molar refractivity (Wildman–Crippen MR) is 123 cm³/mol. The Balaban J connectivity index is 1.51. The molecule has 4 nitrogen and oxygen atoms in total. The van der Waals surface area contributed by atoms with Gasteiger partial charge in [-0.25, -0.2) is 0 Å². The van der Waals surface area contributed by atoms with Crippen LogP contribution in [0.25, 0.3) is 0 Å². The lowest BCUT2D eigenvalue weighted by atomic mass is 9.48. The van der Waals surface area contributed by atoms with Gasteiger partial charge in [-0.2, -0.15) is 0 Å². The first kappa shape index (κ1) is 20.8. The van der Waals surface area contributed by atoms with Gasteiger partial charge in [-0.15, -0.1) is 0 Å². The molecule has 3 aliphatic carbocycles. The first-order valence-electron chi connectivity index (χ1n) is 12.3. The van der Waals surface area contributed by atoms with Gasteiger partial charge in [-0.05, 0) is 80.8 Å². The van der Waals surface area contributed by atoms with Gasteiger partial charge in [0.1, 0.15) is 5.57 Å². The molecule has 4 heteroatoms. The lowest BCUT2D eigenvalue weighted by molar-refractivity contribution is -0.143. The second-order valence-corrected chi connectivity index (χ2v) is 10.9. The van der Waals surface area contributed by atoms with Gasteiger partial charge < -0.3 is 10.2 Å². The van der Waals surface area contributed by atoms with Crippen LogP contribution in [0.3, 0.4) is 0 Å². The third-order valence-corrected chi connectivity index (χ3v) is 9.45. The van der Waals surface area contributed by atoms with E-state index in [2.05, 4.69) is 32.2 Å². The molecule has 1 unspecified atom stereocenters. The van der Waals surface area contributed by atoms with Crippen molar-refractivity contribution < 1.29 is 9.59 Å². The van der Waals surface area contributed by atoms with Crippen molar-refractivity contribution in [2.24, 2.45) is 28.6 Å². The molecule has 31 heavy (non-hydrogen) atoms. The molecule has 0 spiro atoms. The molecule has 6 atom stereocenters. The van der Waals surface area contributed by atoms with Gasteiger partial charge in [0.25, 0.3) is 11.8 Å². The van der Waals surface area contributed by atoms with E-state index >= 15 is 0 Å². The van der Waals surface area contributed by atoms with Crippen LogP contribution >= 0.6 is 0 Å². The number of fused-ring (bicyclic) bond motifs is 5. The molecule has 1 aromatic rings. The highest BCUT2D eigenvalue weighted by atomic mass is 16.2. The van der Waals surface area contributed by atoms with Crippen molar-refractivity contribution in [3.05, 3.63) is 42.0 Å². The third kappa shape index (κ3) is 3.16. The fourth-order valence-electron chi connectivity index (χ4n) is 7.97. The van der Waals surface area contributed by atoms with E-state index in [1.807, 2.05) is 35.2 Å². The van der Waals surface area contributed by atoms with Crippen molar-refractivity contribution in [2.45, 2.75) is 71.8 Å². The molecule has 1 N–H and O–H groups in total. The first-order valence-corrected chi connectivity index (χ1v) is 12.3. The summed E-state index contributed by atoms with van der Waals surface area (Å²) in [6, 6.07) is 9.67. The lowest BCUT2D eigenvalue weighted by Crippen LogP contribution is -2.61. The number of hydrogen-bond acceptors (Lipinski definition) is 2. The minimum atomic E-state index is -0.266. The van der Waals surface area contributed by atoms with E-state index in [-0.39, 0.29) is 23.3 Å². The number of amides is 2. The van der Waals surface area contributed by atoms with Crippen LogP contribution in [0.1, 0.15) is 65.7 Å². The second kappa shape index (κ2) is 7.50. The average molecular weight is 421 g/mol. The molecule has 3 saturated carbocycles. The summed E-state index contributed by atoms with van der Waals surface area (Å²) < 4.78 is 0. The maximum atomic E-state index is 13.4. The van der Waals surface area contributed by atoms with E-state index in [9.17, 15) is 9.59 Å². The van der Waals surface area contributed by atoms with Crippen molar-refractivity contribution in [1.29, 1.82) is 0 Å². The smallest absolute Gasteiger partial charge is 0.260 e. The van der Waals surface area contributed by atoms with E-state index in [0.29, 0.717) is 23.5 Å². The highest BCUT2D eigenvalue weighted by molar-refractivity contribution is 6.23. The van der Waals surface area contributed by atoms with Crippen LogP contribution in [0, 0.1) is 28.6 Å². The Labute approximate surface area is 186 Å². The van der Waals surface area contributed by atoms with Crippen LogP contribution in [-0.2, 0) is 9.59 Å². The molecule has 2 amide bonds. The quantitative estimate of drug-likeness (QED) is 0.664. The van der Waals surface area contributed by atoms with Gasteiger partial charge in [0.15, 0.2) is 0 Å². The number of benzene rings is 1. The fourth-order valence-corrected chi connectivity index (χ4v) is 7.97. The number of likely N-dealkylation sites (N-methyl/N-ethyl adjacent to an activating group) is 1. The fraction of sp³-hybridized carbons (Fsp3) is 0.630. The topological polar surface area (TPSA) is 49.4 Å². The number of carbonyl (C=O) groups excluding carboxylic acids is 2. The van der Waals surface area contributed by atoms with E-state index in [1.165, 1.54) is 38.5 Å². The molecule has 4 aliphatic rings. The van der Waals surface area contributed by atoms with E-state index in [0.717, 1.165) is 23.9 Å². The number of para-hydroxylation sites is 1. The number of nitrogens with one attached hydrogen (secondary N) is 1. The molecular formula is C27H36N2O2. The summed E-state index contributed by atoms with van der Waals surface area (Å²) in [6.07, 6.45) is 11.0. The zero-order valence-electron chi connectivity index (χ0n) is 19.2. The molecule has 0 radical (unpaired) electrons. The van der Waals surface area contributed by atoms with Crippen LogP contribution in [-0.4, -0.2) is 29.3 Å². The second-order valence-electron chi connectivity index (χ2n) is 10.9. The van der Waals surface area contributed by atoms with Gasteiger partial charge in [-0.3, -0.25) is 9.59 Å². The summed E-state index contributed by atoms with van der Waals surface area (Å²) in [5, 5.41) is 2.96. The SMILES string of the molecule is CCN1C(=O)C(C(=O)Nc2ccccc2)=C[C@@]2(C)C1CC[C@@H]1[C@H]2CC[C@]2(C)CCC[C@@H]12. The van der Waals surface area contributed by atoms with Crippen LogP contribution in [0.2, 0.25) is 0 Å². The van der Waals surface area contributed by atoms with Gasteiger partial charge in [0.05, 0.1) is 0 Å². The number of hydrogen-bond donors (Lipinski definition) is 1. The average Bonchev–Trinajstić information content (AvgIpc) is 3.16. The molecular weight excluding hydrogens is 384 g/mol. The van der Waals surface area contributed by atoms with Gasteiger partial charge >= 0.3 is 0 Å². The number of rotatable bonds is 3. The van der Waals surface area contributed by atoms with Gasteiger partial charge in [0, 0.05) is 23.7 Å². The van der Waals surface area contributed by atoms with E-state index in [1.54, 1.807) is 0 Å². The molecule has 166 valence electrons. The summed E-state index contributed by atoms with van der Waals surface area (Å²) in [6.45, 7) is 7.58. The van der Waals surface area contributed by atoms with Crippen molar-refractivity contribution in [2.75, 3.05) is 11.9 Å². The largest absolute Gasteiger partial charge is 0.335 e. The maximum absolute atomic E-state index is 13.4. The van der Waals surface area contributed by atoms with Crippen molar-refractivity contribution >= 4 is 17.5 Å². The number of nitrogens with zero attached hydrogens (tertiary/aromatic N) is 1. The minimum absolute atomic E-state index is 0.0987. The minimum Gasteiger partial charge on any atom is -0.335 e. The Morgan fingerprint density at radius 3 is 2.58 bits per heavy atom. The summed E-state index contributed by atoms with van der Waals surface area (Å²) in [7, 11) is 0. The van der Waals surface area contributed by atoms with Crippen molar-refractivity contribution in [3.8, 4) is 0 Å². The zero-order valence-corrected chi connectivity index (χ0v) is 19.2. The zero-order chi connectivity index (χ0) is 21.8. The van der Waals surface area contributed by atoms with Crippen molar-refractivity contribution in [1.82, 2.24) is 4.90 Å². The standard InChI is InChI=1S/C27H36N2O2/c1-4-29-23-13-12-19-21-11-8-15-26(21,2)16-14-22(19)27(23,3)17-20(25(29)31)24(30)28-18-9-6-5-7-10-18/h5-7,9-10,17,19,21-23H,4,8,11-16H2,1-3H3,(H,28,30)/t19-,21-,22+,23?,26-,27+/m0/s1. The van der Waals surface area contributed by atoms with E-state index in [4.69, 9.17) is 0 Å². The van der Waals surface area contributed by atoms with Crippen LogP contribution in [0.15, 0.2) is 42.0 Å². The molecule has 3 fully saturated rings. The first-order chi connectivity index (χ1) is 14.9. The number of carbonyl (C=O) groups is 2. The summed E-state index contributed by atoms with van der Waals surface area (Å²) in [4.78, 5) is 28.6. The van der Waals surface area contributed by atoms with E-state index < -0.39 is 0 Å². The highest BCUT2D eigenvalue weighted by Gasteiger charge is 2.59. The predicted octanol–water partition coefficient (Wildman–Crippen LogP) is 5.41. The summed E-state index contributed by atoms with van der Waals surface area (Å²) >= 11 is 0. The Kier molecular flexibility index (Phi) is 5.02. The van der Waals surface area contributed by atoms with Crippen LogP contribution < -0.4 is 5.32 Å². The monoisotopic (exact) mass is 420 g/mol. The van der Waals surface area contributed by atoms with Crippen LogP contribution in [0.5, 0.6) is 0 Å². The summed E-state index contributed by atoms with van der Waals surface area (Å²) in [5.74, 6) is 1.73. The normalized spacial score (nSPS) is 39.3. The molecule has 5 rings (SSSR count). The molecule has 1 aliphatic heterocycles. The highest BCUT2D eigenvalue weighted by Crippen LogP contribution is 2.64.